The zero-order valence-corrected chi connectivity index (χ0v) is 10.1. The van der Waals surface area contributed by atoms with Gasteiger partial charge >= 0.3 is 0 Å². The van der Waals surface area contributed by atoms with Crippen LogP contribution in [0.15, 0.2) is 17.2 Å². The highest BCUT2D eigenvalue weighted by molar-refractivity contribution is 5.37. The van der Waals surface area contributed by atoms with Crippen LogP contribution >= 0.6 is 0 Å². The highest BCUT2D eigenvalue weighted by atomic mass is 16.1. The van der Waals surface area contributed by atoms with Crippen molar-refractivity contribution < 1.29 is 0 Å². The van der Waals surface area contributed by atoms with Gasteiger partial charge in [-0.1, -0.05) is 0 Å². The first kappa shape index (κ1) is 10.8. The van der Waals surface area contributed by atoms with Crippen molar-refractivity contribution in [2.45, 2.75) is 31.8 Å². The average Bonchev–Trinajstić information content (AvgIpc) is 3.13. The molecule has 0 amide bonds. The first-order chi connectivity index (χ1) is 8.25. The third-order valence-electron chi connectivity index (χ3n) is 3.46. The van der Waals surface area contributed by atoms with Crippen LogP contribution in [0.25, 0.3) is 0 Å². The van der Waals surface area contributed by atoms with Crippen LogP contribution in [-0.2, 0) is 0 Å². The van der Waals surface area contributed by atoms with Gasteiger partial charge in [0.2, 0.25) is 0 Å². The molecule has 0 aromatic carbocycles. The Kier molecular flexibility index (Phi) is 2.63. The van der Waals surface area contributed by atoms with E-state index in [1.54, 1.807) is 6.20 Å². The molecule has 1 unspecified atom stereocenters. The minimum Gasteiger partial charge on any atom is -0.349 e. The zero-order chi connectivity index (χ0) is 11.8. The van der Waals surface area contributed by atoms with Gasteiger partial charge < -0.3 is 14.8 Å². The lowest BCUT2D eigenvalue weighted by Crippen LogP contribution is -2.51. The summed E-state index contributed by atoms with van der Waals surface area (Å²) in [5.41, 5.74) is 0.0732. The summed E-state index contributed by atoms with van der Waals surface area (Å²) in [6, 6.07) is 0.837. The van der Waals surface area contributed by atoms with Crippen molar-refractivity contribution in [3.8, 4) is 0 Å². The lowest BCUT2D eigenvalue weighted by molar-refractivity contribution is 0.479. The number of piperazine rings is 1. The molecule has 92 valence electrons. The molecular formula is C12H18N4O. The molecule has 0 spiro atoms. The summed E-state index contributed by atoms with van der Waals surface area (Å²) in [5.74, 6) is 0.618. The number of hydrogen-bond acceptors (Lipinski definition) is 4. The fourth-order valence-electron chi connectivity index (χ4n) is 2.40. The standard InChI is InChI=1S/C12H18N4O/c1-9-8-15(6-4-13-9)11-12(17)16(7-5-14-11)10-2-3-10/h5,7,9-10,13H,2-4,6,8H2,1H3. The molecule has 0 radical (unpaired) electrons. The van der Waals surface area contributed by atoms with Crippen molar-refractivity contribution in [3.05, 3.63) is 22.7 Å². The van der Waals surface area contributed by atoms with Gasteiger partial charge in [0.25, 0.3) is 5.56 Å². The van der Waals surface area contributed by atoms with Crippen molar-refractivity contribution in [2.24, 2.45) is 0 Å². The second-order valence-electron chi connectivity index (χ2n) is 5.00. The summed E-state index contributed by atoms with van der Waals surface area (Å²) in [6.45, 7) is 4.77. The molecule has 2 heterocycles. The Hall–Kier alpha value is -1.36. The largest absolute Gasteiger partial charge is 0.349 e. The maximum Gasteiger partial charge on any atom is 0.293 e. The number of nitrogens with one attached hydrogen (secondary N) is 1. The second-order valence-corrected chi connectivity index (χ2v) is 5.00. The highest BCUT2D eigenvalue weighted by Gasteiger charge is 2.27. The molecule has 1 N–H and O–H groups in total. The van der Waals surface area contributed by atoms with E-state index < -0.39 is 0 Å². The van der Waals surface area contributed by atoms with Gasteiger partial charge in [-0.05, 0) is 19.8 Å². The summed E-state index contributed by atoms with van der Waals surface area (Å²) in [4.78, 5) is 18.7. The highest BCUT2D eigenvalue weighted by Crippen LogP contribution is 2.33. The number of anilines is 1. The molecule has 1 aliphatic heterocycles. The second kappa shape index (κ2) is 4.14. The van der Waals surface area contributed by atoms with Crippen molar-refractivity contribution in [2.75, 3.05) is 24.5 Å². The van der Waals surface area contributed by atoms with E-state index in [1.807, 2.05) is 10.8 Å². The van der Waals surface area contributed by atoms with Gasteiger partial charge in [0, 0.05) is 44.1 Å². The van der Waals surface area contributed by atoms with Crippen LogP contribution in [0.2, 0.25) is 0 Å². The quantitative estimate of drug-likeness (QED) is 0.803. The number of nitrogens with zero attached hydrogens (tertiary/aromatic N) is 3. The molecule has 0 bridgehead atoms. The predicted molar refractivity (Wildman–Crippen MR) is 66.4 cm³/mol. The molecule has 2 aliphatic rings. The summed E-state index contributed by atoms with van der Waals surface area (Å²) >= 11 is 0. The first-order valence-corrected chi connectivity index (χ1v) is 6.31. The smallest absolute Gasteiger partial charge is 0.293 e. The summed E-state index contributed by atoms with van der Waals surface area (Å²) in [7, 11) is 0. The minimum atomic E-state index is 0.0732. The number of hydrogen-bond donors (Lipinski definition) is 1. The molecule has 17 heavy (non-hydrogen) atoms. The van der Waals surface area contributed by atoms with Crippen LogP contribution in [0.1, 0.15) is 25.8 Å². The lowest BCUT2D eigenvalue weighted by Gasteiger charge is -2.32. The van der Waals surface area contributed by atoms with Gasteiger partial charge in [-0.25, -0.2) is 4.98 Å². The maximum atomic E-state index is 12.3. The van der Waals surface area contributed by atoms with E-state index in [-0.39, 0.29) is 5.56 Å². The lowest BCUT2D eigenvalue weighted by atomic mass is 10.2. The summed E-state index contributed by atoms with van der Waals surface area (Å²) in [5, 5.41) is 3.37. The van der Waals surface area contributed by atoms with Crippen LogP contribution in [0.5, 0.6) is 0 Å². The van der Waals surface area contributed by atoms with E-state index in [9.17, 15) is 4.79 Å². The van der Waals surface area contributed by atoms with Gasteiger partial charge in [-0.15, -0.1) is 0 Å². The van der Waals surface area contributed by atoms with E-state index in [1.165, 1.54) is 0 Å². The third-order valence-corrected chi connectivity index (χ3v) is 3.46. The average molecular weight is 234 g/mol. The Balaban J connectivity index is 1.91. The van der Waals surface area contributed by atoms with Crippen LogP contribution < -0.4 is 15.8 Å². The SMILES string of the molecule is CC1CN(c2nccn(C3CC3)c2=O)CCN1. The molecule has 1 aromatic rings. The topological polar surface area (TPSA) is 50.2 Å². The summed E-state index contributed by atoms with van der Waals surface area (Å²) < 4.78 is 1.84. The van der Waals surface area contributed by atoms with Gasteiger partial charge in [0.05, 0.1) is 0 Å². The van der Waals surface area contributed by atoms with Gasteiger partial charge in [0.1, 0.15) is 0 Å². The molecule has 2 fully saturated rings. The van der Waals surface area contributed by atoms with Crippen LogP contribution in [0.3, 0.4) is 0 Å². The van der Waals surface area contributed by atoms with E-state index in [2.05, 4.69) is 22.1 Å². The molecular weight excluding hydrogens is 216 g/mol. The van der Waals surface area contributed by atoms with Crippen molar-refractivity contribution in [1.82, 2.24) is 14.9 Å². The summed E-state index contributed by atoms with van der Waals surface area (Å²) in [6.07, 6.45) is 5.82. The molecule has 1 atom stereocenters. The van der Waals surface area contributed by atoms with E-state index >= 15 is 0 Å². The van der Waals surface area contributed by atoms with Crippen LogP contribution in [0, 0.1) is 0 Å². The Morgan fingerprint density at radius 2 is 2.29 bits per heavy atom. The van der Waals surface area contributed by atoms with Crippen LogP contribution in [-0.4, -0.2) is 35.2 Å². The van der Waals surface area contributed by atoms with Gasteiger partial charge in [-0.2, -0.15) is 0 Å². The van der Waals surface area contributed by atoms with Crippen molar-refractivity contribution in [3.63, 3.8) is 0 Å². The molecule has 5 nitrogen and oxygen atoms in total. The Labute approximate surface area is 100 Å². The molecule has 5 heteroatoms. The fraction of sp³-hybridized carbons (Fsp3) is 0.667. The van der Waals surface area contributed by atoms with E-state index in [4.69, 9.17) is 0 Å². The van der Waals surface area contributed by atoms with E-state index in [0.717, 1.165) is 32.5 Å². The van der Waals surface area contributed by atoms with Crippen molar-refractivity contribution >= 4 is 5.82 Å². The van der Waals surface area contributed by atoms with Crippen LogP contribution in [0.4, 0.5) is 5.82 Å². The monoisotopic (exact) mass is 234 g/mol. The molecule has 1 saturated heterocycles. The maximum absolute atomic E-state index is 12.3. The van der Waals surface area contributed by atoms with Gasteiger partial charge in [0.15, 0.2) is 5.82 Å². The Morgan fingerprint density at radius 1 is 1.47 bits per heavy atom. The van der Waals surface area contributed by atoms with E-state index in [0.29, 0.717) is 17.9 Å². The molecule has 1 aromatic heterocycles. The Morgan fingerprint density at radius 3 is 3.00 bits per heavy atom. The number of aromatic nitrogens is 2. The molecule has 1 aliphatic carbocycles. The first-order valence-electron chi connectivity index (χ1n) is 6.31. The number of rotatable bonds is 2. The minimum absolute atomic E-state index is 0.0732. The third kappa shape index (κ3) is 2.07. The normalized spacial score (nSPS) is 25.0. The molecule has 3 rings (SSSR count). The van der Waals surface area contributed by atoms with Crippen molar-refractivity contribution in [1.29, 1.82) is 0 Å². The predicted octanol–water partition coefficient (Wildman–Crippen LogP) is 0.376. The zero-order valence-electron chi connectivity index (χ0n) is 10.1. The fourth-order valence-corrected chi connectivity index (χ4v) is 2.40. The Bertz CT molecular complexity index is 466. The van der Waals surface area contributed by atoms with Gasteiger partial charge in [-0.3, -0.25) is 4.79 Å². The molecule has 1 saturated carbocycles.